The van der Waals surface area contributed by atoms with Gasteiger partial charge in [0.05, 0.1) is 17.9 Å². The summed E-state index contributed by atoms with van der Waals surface area (Å²) in [4.78, 5) is 4.11. The predicted molar refractivity (Wildman–Crippen MR) is 76.2 cm³/mol. The van der Waals surface area contributed by atoms with Gasteiger partial charge in [-0.25, -0.2) is 4.39 Å². The molecule has 2 nitrogen and oxygen atoms in total. The number of nitrogens with zero attached hydrogens (tertiary/aromatic N) is 1. The molecule has 0 aliphatic rings. The minimum absolute atomic E-state index is 0.211. The first kappa shape index (κ1) is 14.3. The Morgan fingerprint density at radius 3 is 2.68 bits per heavy atom. The Labute approximate surface area is 121 Å². The molecule has 2 aromatic rings. The summed E-state index contributed by atoms with van der Waals surface area (Å²) >= 11 is 12.2. The SMILES string of the molecule is CCNC(c1ccc(F)cn1)c1cc(Cl)ccc1Cl. The van der Waals surface area contributed by atoms with Gasteiger partial charge in [-0.2, -0.15) is 0 Å². The van der Waals surface area contributed by atoms with E-state index in [0.29, 0.717) is 15.7 Å². The maximum absolute atomic E-state index is 13.0. The Bertz CT molecular complexity index is 558. The van der Waals surface area contributed by atoms with Crippen LogP contribution in [0.2, 0.25) is 10.0 Å². The van der Waals surface area contributed by atoms with Crippen molar-refractivity contribution in [3.05, 3.63) is 63.6 Å². The van der Waals surface area contributed by atoms with Gasteiger partial charge in [-0.15, -0.1) is 0 Å². The molecule has 5 heteroatoms. The summed E-state index contributed by atoms with van der Waals surface area (Å²) in [7, 11) is 0. The number of benzene rings is 1. The quantitative estimate of drug-likeness (QED) is 0.914. The fourth-order valence-corrected chi connectivity index (χ4v) is 2.28. The van der Waals surface area contributed by atoms with Crippen molar-refractivity contribution < 1.29 is 4.39 Å². The number of rotatable bonds is 4. The highest BCUT2D eigenvalue weighted by Gasteiger charge is 2.17. The second-order valence-corrected chi connectivity index (χ2v) is 4.90. The Balaban J connectivity index is 2.44. The number of nitrogens with one attached hydrogen (secondary N) is 1. The van der Waals surface area contributed by atoms with Crippen LogP contribution in [0.15, 0.2) is 36.5 Å². The van der Waals surface area contributed by atoms with Gasteiger partial charge in [-0.3, -0.25) is 4.98 Å². The van der Waals surface area contributed by atoms with E-state index < -0.39 is 0 Å². The topological polar surface area (TPSA) is 24.9 Å². The molecule has 0 saturated carbocycles. The molecule has 19 heavy (non-hydrogen) atoms. The van der Waals surface area contributed by atoms with Crippen molar-refractivity contribution in [2.45, 2.75) is 13.0 Å². The Hall–Kier alpha value is -1.16. The standard InChI is InChI=1S/C14H13Cl2FN2/c1-2-18-14(13-6-4-10(17)8-19-13)11-7-9(15)3-5-12(11)16/h3-8,14,18H,2H2,1H3. The van der Waals surface area contributed by atoms with Crippen LogP contribution in [-0.4, -0.2) is 11.5 Å². The van der Waals surface area contributed by atoms with Crippen LogP contribution in [-0.2, 0) is 0 Å². The molecule has 1 aromatic carbocycles. The van der Waals surface area contributed by atoms with E-state index in [9.17, 15) is 4.39 Å². The molecule has 1 unspecified atom stereocenters. The summed E-state index contributed by atoms with van der Waals surface area (Å²) in [6, 6.07) is 8.08. The zero-order valence-electron chi connectivity index (χ0n) is 10.3. The lowest BCUT2D eigenvalue weighted by Crippen LogP contribution is -2.23. The molecule has 0 aliphatic carbocycles. The maximum atomic E-state index is 13.0. The van der Waals surface area contributed by atoms with E-state index >= 15 is 0 Å². The first-order chi connectivity index (χ1) is 9.11. The molecule has 1 N–H and O–H groups in total. The molecule has 1 atom stereocenters. The van der Waals surface area contributed by atoms with Crippen molar-refractivity contribution in [1.29, 1.82) is 0 Å². The van der Waals surface area contributed by atoms with Crippen molar-refractivity contribution in [3.8, 4) is 0 Å². The van der Waals surface area contributed by atoms with Crippen LogP contribution in [0.5, 0.6) is 0 Å². The first-order valence-electron chi connectivity index (χ1n) is 5.91. The molecule has 1 heterocycles. The smallest absolute Gasteiger partial charge is 0.141 e. The number of pyridine rings is 1. The summed E-state index contributed by atoms with van der Waals surface area (Å²) in [6.45, 7) is 2.71. The third kappa shape index (κ3) is 3.44. The molecule has 2 rings (SSSR count). The third-order valence-corrected chi connectivity index (χ3v) is 3.30. The molecule has 0 spiro atoms. The Kier molecular flexibility index (Phi) is 4.75. The van der Waals surface area contributed by atoms with Crippen molar-refractivity contribution >= 4 is 23.2 Å². The molecule has 0 saturated heterocycles. The lowest BCUT2D eigenvalue weighted by atomic mass is 10.0. The molecular formula is C14H13Cl2FN2. The molecule has 0 radical (unpaired) electrons. The molecule has 0 bridgehead atoms. The van der Waals surface area contributed by atoms with Gasteiger partial charge in [0.2, 0.25) is 0 Å². The second kappa shape index (κ2) is 6.33. The molecule has 0 amide bonds. The van der Waals surface area contributed by atoms with Gasteiger partial charge in [-0.05, 0) is 42.4 Å². The van der Waals surface area contributed by atoms with Crippen molar-refractivity contribution in [2.75, 3.05) is 6.54 Å². The van der Waals surface area contributed by atoms with Gasteiger partial charge in [-0.1, -0.05) is 30.1 Å². The summed E-state index contributed by atoms with van der Waals surface area (Å²) in [6.07, 6.45) is 1.19. The van der Waals surface area contributed by atoms with Crippen LogP contribution in [0, 0.1) is 5.82 Å². The monoisotopic (exact) mass is 298 g/mol. The van der Waals surface area contributed by atoms with Gasteiger partial charge in [0, 0.05) is 10.0 Å². The molecule has 100 valence electrons. The highest BCUT2D eigenvalue weighted by Crippen LogP contribution is 2.29. The van der Waals surface area contributed by atoms with Crippen molar-refractivity contribution in [3.63, 3.8) is 0 Å². The lowest BCUT2D eigenvalue weighted by molar-refractivity contribution is 0.594. The summed E-state index contributed by atoms with van der Waals surface area (Å²) in [5, 5.41) is 4.47. The van der Waals surface area contributed by atoms with E-state index in [1.54, 1.807) is 24.3 Å². The largest absolute Gasteiger partial charge is 0.305 e. The summed E-state index contributed by atoms with van der Waals surface area (Å²) < 4.78 is 13.0. The average Bonchev–Trinajstić information content (AvgIpc) is 2.40. The molecule has 0 aliphatic heterocycles. The van der Waals surface area contributed by atoms with Crippen LogP contribution < -0.4 is 5.32 Å². The maximum Gasteiger partial charge on any atom is 0.141 e. The fraction of sp³-hybridized carbons (Fsp3) is 0.214. The molecular weight excluding hydrogens is 286 g/mol. The minimum Gasteiger partial charge on any atom is -0.305 e. The number of halogens is 3. The predicted octanol–water partition coefficient (Wildman–Crippen LogP) is 4.23. The van der Waals surface area contributed by atoms with Gasteiger partial charge in [0.1, 0.15) is 5.82 Å². The van der Waals surface area contributed by atoms with Crippen LogP contribution in [0.25, 0.3) is 0 Å². The Morgan fingerprint density at radius 2 is 2.05 bits per heavy atom. The van der Waals surface area contributed by atoms with E-state index in [4.69, 9.17) is 23.2 Å². The van der Waals surface area contributed by atoms with Gasteiger partial charge in [0.25, 0.3) is 0 Å². The van der Waals surface area contributed by atoms with Gasteiger partial charge < -0.3 is 5.32 Å². The van der Waals surface area contributed by atoms with Crippen LogP contribution in [0.3, 0.4) is 0 Å². The number of aromatic nitrogens is 1. The van der Waals surface area contributed by atoms with Crippen LogP contribution >= 0.6 is 23.2 Å². The number of hydrogen-bond acceptors (Lipinski definition) is 2. The highest BCUT2D eigenvalue weighted by molar-refractivity contribution is 6.33. The number of hydrogen-bond donors (Lipinski definition) is 1. The molecule has 1 aromatic heterocycles. The van der Waals surface area contributed by atoms with E-state index in [-0.39, 0.29) is 11.9 Å². The Morgan fingerprint density at radius 1 is 1.26 bits per heavy atom. The van der Waals surface area contributed by atoms with Crippen molar-refractivity contribution in [1.82, 2.24) is 10.3 Å². The normalized spacial score (nSPS) is 12.4. The summed E-state index contributed by atoms with van der Waals surface area (Å²) in [5.41, 5.74) is 1.53. The first-order valence-corrected chi connectivity index (χ1v) is 6.67. The van der Waals surface area contributed by atoms with Gasteiger partial charge >= 0.3 is 0 Å². The fourth-order valence-electron chi connectivity index (χ4n) is 1.87. The zero-order chi connectivity index (χ0) is 13.8. The second-order valence-electron chi connectivity index (χ2n) is 4.06. The van der Waals surface area contributed by atoms with Crippen molar-refractivity contribution in [2.24, 2.45) is 0 Å². The average molecular weight is 299 g/mol. The van der Waals surface area contributed by atoms with Gasteiger partial charge in [0.15, 0.2) is 0 Å². The van der Waals surface area contributed by atoms with Crippen LogP contribution in [0.1, 0.15) is 24.2 Å². The third-order valence-electron chi connectivity index (χ3n) is 2.72. The summed E-state index contributed by atoms with van der Waals surface area (Å²) in [5.74, 6) is -0.365. The zero-order valence-corrected chi connectivity index (χ0v) is 11.8. The van der Waals surface area contributed by atoms with E-state index in [0.717, 1.165) is 12.1 Å². The van der Waals surface area contributed by atoms with Crippen LogP contribution in [0.4, 0.5) is 4.39 Å². The highest BCUT2D eigenvalue weighted by atomic mass is 35.5. The minimum atomic E-state index is -0.365. The lowest BCUT2D eigenvalue weighted by Gasteiger charge is -2.19. The van der Waals surface area contributed by atoms with E-state index in [2.05, 4.69) is 10.3 Å². The van der Waals surface area contributed by atoms with E-state index in [1.807, 2.05) is 6.92 Å². The molecule has 0 fully saturated rings. The van der Waals surface area contributed by atoms with E-state index in [1.165, 1.54) is 12.3 Å².